The number of carboxylic acid groups (broad SMARTS) is 2. The molecule has 152 valence electrons. The largest absolute Gasteiger partial charge is 2.00 e. The smallest absolute Gasteiger partial charge is 0.652 e. The molecule has 0 aromatic rings. The number of aliphatic imine (C=N–C) groups is 1. The van der Waals surface area contributed by atoms with Crippen LogP contribution in [0.25, 0.3) is 0 Å². The van der Waals surface area contributed by atoms with Crippen LogP contribution in [-0.2, 0) is 0 Å². The first-order chi connectivity index (χ1) is 12.7. The van der Waals surface area contributed by atoms with Crippen molar-refractivity contribution < 1.29 is 15.0 Å². The molecule has 0 aromatic heterocycles. The molecule has 0 spiro atoms. The molecule has 0 bridgehead atoms. The maximum Gasteiger partial charge on any atom is 2.00 e. The second-order valence-electron chi connectivity index (χ2n) is 7.64. The average molecular weight is 407 g/mol. The summed E-state index contributed by atoms with van der Waals surface area (Å²) in [7, 11) is 0. The van der Waals surface area contributed by atoms with E-state index in [-0.39, 0.29) is 37.7 Å². The summed E-state index contributed by atoms with van der Waals surface area (Å²) in [6, 6.07) is 0.864. The van der Waals surface area contributed by atoms with E-state index in [4.69, 9.17) is 15.0 Å². The van der Waals surface area contributed by atoms with Gasteiger partial charge in [-0.05, 0) is 57.4 Å². The van der Waals surface area contributed by atoms with Crippen molar-refractivity contribution >= 4 is 50.1 Å². The van der Waals surface area contributed by atoms with E-state index in [1.165, 1.54) is 109 Å². The Hall–Kier alpha value is 0.160. The molecular formula is C21H38CaN2O3. The van der Waals surface area contributed by atoms with E-state index in [0.29, 0.717) is 0 Å². The van der Waals surface area contributed by atoms with Gasteiger partial charge in [0.1, 0.15) is 0 Å². The Balaban J connectivity index is 0.00000123. The van der Waals surface area contributed by atoms with Crippen molar-refractivity contribution in [3.63, 3.8) is 0 Å². The van der Waals surface area contributed by atoms with Crippen LogP contribution in [0.3, 0.4) is 0 Å². The van der Waals surface area contributed by atoms with E-state index in [2.05, 4.69) is 16.1 Å². The number of hydrogen-bond donors (Lipinski definition) is 0. The molecule has 1 saturated carbocycles. The van der Waals surface area contributed by atoms with Crippen LogP contribution in [0.1, 0.15) is 96.3 Å². The second-order valence-corrected chi connectivity index (χ2v) is 7.64. The molecule has 0 amide bonds. The fourth-order valence-electron chi connectivity index (χ4n) is 4.08. The van der Waals surface area contributed by atoms with Gasteiger partial charge >= 0.3 is 37.7 Å². The van der Waals surface area contributed by atoms with Gasteiger partial charge in [0.05, 0.1) is 0 Å². The molecule has 0 radical (unpaired) electrons. The first kappa shape index (κ1) is 27.2. The number of carbonyl (C=O) groups is 1. The van der Waals surface area contributed by atoms with Crippen LogP contribution in [0.2, 0.25) is 0 Å². The van der Waals surface area contributed by atoms with Gasteiger partial charge in [-0.2, -0.15) is 0 Å². The summed E-state index contributed by atoms with van der Waals surface area (Å²) in [6.45, 7) is 3.66. The van der Waals surface area contributed by atoms with E-state index < -0.39 is 6.16 Å². The van der Waals surface area contributed by atoms with E-state index in [1.807, 2.05) is 0 Å². The molecule has 2 aliphatic rings. The minimum atomic E-state index is -2.33. The van der Waals surface area contributed by atoms with Crippen LogP contribution in [-0.4, -0.2) is 80.7 Å². The predicted molar refractivity (Wildman–Crippen MR) is 109 cm³/mol. The van der Waals surface area contributed by atoms with Gasteiger partial charge in [0, 0.05) is 19.1 Å². The molecule has 5 nitrogen and oxygen atoms in total. The van der Waals surface area contributed by atoms with Crippen LogP contribution in [0.5, 0.6) is 0 Å². The third-order valence-electron chi connectivity index (χ3n) is 5.48. The Kier molecular flexibility index (Phi) is 19.6. The summed E-state index contributed by atoms with van der Waals surface area (Å²) < 4.78 is 0. The van der Waals surface area contributed by atoms with Crippen LogP contribution < -0.4 is 10.2 Å². The van der Waals surface area contributed by atoms with Gasteiger partial charge in [0.2, 0.25) is 0 Å². The normalized spacial score (nSPS) is 22.1. The summed E-state index contributed by atoms with van der Waals surface area (Å²) in [4.78, 5) is 15.8. The van der Waals surface area contributed by atoms with Gasteiger partial charge in [-0.3, -0.25) is 4.99 Å². The first-order valence-corrected chi connectivity index (χ1v) is 10.8. The molecule has 0 aromatic carbocycles. The third kappa shape index (κ3) is 16.8. The number of nitrogens with zero attached hydrogens (tertiary/aromatic N) is 2. The Labute approximate surface area is 196 Å². The number of carbonyl (C=O) groups excluding carboxylic acids is 1. The van der Waals surface area contributed by atoms with E-state index in [1.54, 1.807) is 0 Å². The van der Waals surface area contributed by atoms with Crippen molar-refractivity contribution in [3.8, 4) is 0 Å². The number of rotatable bonds is 1. The summed E-state index contributed by atoms with van der Waals surface area (Å²) in [5.74, 6) is 0. The van der Waals surface area contributed by atoms with Crippen molar-refractivity contribution in [3.05, 3.63) is 0 Å². The summed E-state index contributed by atoms with van der Waals surface area (Å²) in [5, 5.41) is 16.7. The molecule has 27 heavy (non-hydrogen) atoms. The van der Waals surface area contributed by atoms with E-state index >= 15 is 0 Å². The van der Waals surface area contributed by atoms with Crippen molar-refractivity contribution in [2.45, 2.75) is 102 Å². The summed E-state index contributed by atoms with van der Waals surface area (Å²) >= 11 is 0. The summed E-state index contributed by atoms with van der Waals surface area (Å²) in [6.07, 6.45) is 21.1. The van der Waals surface area contributed by atoms with Gasteiger partial charge in [-0.25, -0.2) is 0 Å². The maximum atomic E-state index is 8.33. The second kappa shape index (κ2) is 19.5. The van der Waals surface area contributed by atoms with E-state index in [9.17, 15) is 0 Å². The predicted octanol–water partition coefficient (Wildman–Crippen LogP) is 2.78. The van der Waals surface area contributed by atoms with Gasteiger partial charge in [0.25, 0.3) is 0 Å². The first-order valence-electron chi connectivity index (χ1n) is 10.8. The Bertz CT molecular complexity index is 364. The molecule has 0 unspecified atom stereocenters. The Morgan fingerprint density at radius 3 is 1.85 bits per heavy atom. The van der Waals surface area contributed by atoms with Crippen LogP contribution in [0.15, 0.2) is 4.99 Å². The minimum Gasteiger partial charge on any atom is -0.652 e. The molecule has 2 rings (SSSR count). The molecule has 1 aliphatic carbocycles. The molecule has 0 N–H and O–H groups in total. The quantitative estimate of drug-likeness (QED) is 0.627. The Morgan fingerprint density at radius 2 is 1.26 bits per heavy atom. The van der Waals surface area contributed by atoms with Crippen molar-refractivity contribution in [2.24, 2.45) is 4.99 Å². The van der Waals surface area contributed by atoms with Gasteiger partial charge < -0.3 is 19.9 Å². The number of hydrogen-bond acceptors (Lipinski definition) is 5. The van der Waals surface area contributed by atoms with Gasteiger partial charge in [-0.15, -0.1) is 0 Å². The average Bonchev–Trinajstić information content (AvgIpc) is 2.70. The van der Waals surface area contributed by atoms with Crippen LogP contribution in [0, 0.1) is 0 Å². The molecule has 1 aliphatic heterocycles. The summed E-state index contributed by atoms with van der Waals surface area (Å²) in [5.41, 5.74) is 0. The minimum absolute atomic E-state index is 0. The van der Waals surface area contributed by atoms with Crippen molar-refractivity contribution in [1.82, 2.24) is 4.90 Å². The topological polar surface area (TPSA) is 78.8 Å². The fourth-order valence-corrected chi connectivity index (χ4v) is 4.08. The zero-order valence-corrected chi connectivity index (χ0v) is 19.4. The van der Waals surface area contributed by atoms with Crippen molar-refractivity contribution in [1.29, 1.82) is 0 Å². The molecule has 1 fully saturated rings. The van der Waals surface area contributed by atoms with E-state index in [0.717, 1.165) is 12.6 Å². The van der Waals surface area contributed by atoms with Gasteiger partial charge in [0.15, 0.2) is 0 Å². The van der Waals surface area contributed by atoms with Gasteiger partial charge in [-0.1, -0.05) is 57.8 Å². The molecule has 0 atom stereocenters. The monoisotopic (exact) mass is 406 g/mol. The SMILES string of the molecule is C1=NCCCN(C2CCCCCCCCCC2)CCCCC1.O=C([O-])[O-].[Ca+2]. The maximum absolute atomic E-state index is 8.33. The third-order valence-corrected chi connectivity index (χ3v) is 5.48. The standard InChI is InChI=1S/C20H38N2.CH2O3.Ca/c1-2-4-6-10-15-20(14-9-5-3-1)22-18-12-8-7-11-16-21-17-13-19-22;2-1(3)4;/h16,20H,1-15,17-19H2;(H2,2,3,4);/q;;+2/p-2. The fraction of sp³-hybridized carbons (Fsp3) is 0.905. The molecule has 6 heteroatoms. The van der Waals surface area contributed by atoms with Crippen LogP contribution in [0.4, 0.5) is 4.79 Å². The van der Waals surface area contributed by atoms with Crippen molar-refractivity contribution in [2.75, 3.05) is 19.6 Å². The Morgan fingerprint density at radius 1 is 0.778 bits per heavy atom. The molecular weight excluding hydrogens is 368 g/mol. The molecule has 1 heterocycles. The zero-order chi connectivity index (χ0) is 18.9. The zero-order valence-electron chi connectivity index (χ0n) is 17.2. The molecule has 0 saturated heterocycles. The van der Waals surface area contributed by atoms with Crippen LogP contribution >= 0.6 is 0 Å².